The Balaban J connectivity index is 0.00000420. The van der Waals surface area contributed by atoms with Crippen molar-refractivity contribution in [3.05, 3.63) is 35.4 Å². The number of aliphatic imine (C=N–C) groups is 1. The van der Waals surface area contributed by atoms with E-state index in [4.69, 9.17) is 14.2 Å². The summed E-state index contributed by atoms with van der Waals surface area (Å²) in [5.41, 5.74) is 2.39. The van der Waals surface area contributed by atoms with Gasteiger partial charge in [-0.2, -0.15) is 0 Å². The predicted octanol–water partition coefficient (Wildman–Crippen LogP) is 3.73. The molecule has 1 aliphatic heterocycles. The maximum Gasteiger partial charge on any atom is 0.191 e. The zero-order chi connectivity index (χ0) is 19.9. The number of hydrogen-bond acceptors (Lipinski definition) is 4. The Bertz CT molecular complexity index is 549. The van der Waals surface area contributed by atoms with Gasteiger partial charge in [-0.3, -0.25) is 0 Å². The number of benzene rings is 1. The molecule has 6 nitrogen and oxygen atoms in total. The molecular weight excluding hydrogens is 481 g/mol. The van der Waals surface area contributed by atoms with Gasteiger partial charge >= 0.3 is 0 Å². The number of guanidine groups is 1. The first-order valence-electron chi connectivity index (χ1n) is 10.6. The fourth-order valence-corrected chi connectivity index (χ4v) is 3.02. The molecule has 0 spiro atoms. The number of nitrogens with one attached hydrogen (secondary N) is 2. The van der Waals surface area contributed by atoms with Crippen LogP contribution in [0.4, 0.5) is 0 Å². The van der Waals surface area contributed by atoms with Crippen molar-refractivity contribution in [2.24, 2.45) is 10.9 Å². The SMILES string of the molecule is CCNC(=NCc1ccc(COCC)cc1)NCCCOCC1CCOCC1.I. The van der Waals surface area contributed by atoms with Gasteiger partial charge in [-0.15, -0.1) is 24.0 Å². The standard InChI is InChI=1S/C22H37N3O3.HI/c1-3-23-22(24-12-5-13-28-18-21-10-14-27-15-11-21)25-16-19-6-8-20(9-7-19)17-26-4-2;/h6-9,21H,3-5,10-18H2,1-2H3,(H2,23,24,25);1H. The van der Waals surface area contributed by atoms with E-state index in [1.54, 1.807) is 0 Å². The van der Waals surface area contributed by atoms with Crippen LogP contribution in [-0.4, -0.2) is 52.1 Å². The Morgan fingerprint density at radius 3 is 2.48 bits per heavy atom. The third-order valence-corrected chi connectivity index (χ3v) is 4.71. The average molecular weight is 519 g/mol. The minimum atomic E-state index is 0. The molecule has 1 aromatic carbocycles. The Kier molecular flexibility index (Phi) is 15.2. The molecular formula is C22H38IN3O3. The van der Waals surface area contributed by atoms with Gasteiger partial charge < -0.3 is 24.8 Å². The lowest BCUT2D eigenvalue weighted by molar-refractivity contribution is 0.0203. The van der Waals surface area contributed by atoms with Gasteiger partial charge in [-0.1, -0.05) is 24.3 Å². The zero-order valence-electron chi connectivity index (χ0n) is 18.0. The first kappa shape index (κ1) is 26.1. The van der Waals surface area contributed by atoms with Crippen LogP contribution in [0.2, 0.25) is 0 Å². The van der Waals surface area contributed by atoms with Gasteiger partial charge in [0.15, 0.2) is 5.96 Å². The van der Waals surface area contributed by atoms with E-state index in [0.29, 0.717) is 19.1 Å². The summed E-state index contributed by atoms with van der Waals surface area (Å²) >= 11 is 0. The molecule has 0 radical (unpaired) electrons. The van der Waals surface area contributed by atoms with Crippen LogP contribution in [0.1, 0.15) is 44.2 Å². The van der Waals surface area contributed by atoms with E-state index in [1.807, 2.05) is 6.92 Å². The molecule has 0 unspecified atom stereocenters. The number of ether oxygens (including phenoxy) is 3. The molecule has 2 N–H and O–H groups in total. The first-order chi connectivity index (χ1) is 13.8. The third kappa shape index (κ3) is 11.8. The molecule has 0 atom stereocenters. The highest BCUT2D eigenvalue weighted by molar-refractivity contribution is 14.0. The molecule has 0 amide bonds. The second kappa shape index (κ2) is 16.8. The van der Waals surface area contributed by atoms with E-state index in [9.17, 15) is 0 Å². The molecule has 0 bridgehead atoms. The highest BCUT2D eigenvalue weighted by Gasteiger charge is 2.13. The van der Waals surface area contributed by atoms with E-state index in [2.05, 4.69) is 46.8 Å². The van der Waals surface area contributed by atoms with E-state index in [-0.39, 0.29) is 24.0 Å². The molecule has 1 saturated heterocycles. The molecule has 0 aliphatic carbocycles. The molecule has 0 saturated carbocycles. The topological polar surface area (TPSA) is 64.1 Å². The Hall–Kier alpha value is -0.900. The number of nitrogens with zero attached hydrogens (tertiary/aromatic N) is 1. The van der Waals surface area contributed by atoms with Crippen molar-refractivity contribution >= 4 is 29.9 Å². The van der Waals surface area contributed by atoms with Crippen LogP contribution in [0.5, 0.6) is 0 Å². The van der Waals surface area contributed by atoms with E-state index >= 15 is 0 Å². The van der Waals surface area contributed by atoms with Crippen molar-refractivity contribution in [3.8, 4) is 0 Å². The molecule has 2 rings (SSSR count). The smallest absolute Gasteiger partial charge is 0.191 e. The lowest BCUT2D eigenvalue weighted by Gasteiger charge is -2.21. The van der Waals surface area contributed by atoms with Crippen molar-refractivity contribution < 1.29 is 14.2 Å². The van der Waals surface area contributed by atoms with Crippen LogP contribution in [0.3, 0.4) is 0 Å². The fourth-order valence-electron chi connectivity index (χ4n) is 3.02. The molecule has 7 heteroatoms. The monoisotopic (exact) mass is 519 g/mol. The van der Waals surface area contributed by atoms with Gasteiger partial charge in [0, 0.05) is 46.1 Å². The van der Waals surface area contributed by atoms with E-state index < -0.39 is 0 Å². The van der Waals surface area contributed by atoms with Crippen LogP contribution in [0, 0.1) is 5.92 Å². The van der Waals surface area contributed by atoms with Gasteiger partial charge in [0.05, 0.1) is 13.2 Å². The number of hydrogen-bond donors (Lipinski definition) is 2. The van der Waals surface area contributed by atoms with Crippen molar-refractivity contribution in [1.29, 1.82) is 0 Å². The fraction of sp³-hybridized carbons (Fsp3) is 0.682. The lowest BCUT2D eigenvalue weighted by atomic mass is 10.0. The van der Waals surface area contributed by atoms with Crippen molar-refractivity contribution in [2.45, 2.75) is 46.3 Å². The lowest BCUT2D eigenvalue weighted by Crippen LogP contribution is -2.38. The highest BCUT2D eigenvalue weighted by atomic mass is 127. The van der Waals surface area contributed by atoms with Crippen molar-refractivity contribution in [2.75, 3.05) is 46.1 Å². The maximum absolute atomic E-state index is 5.82. The second-order valence-corrected chi connectivity index (χ2v) is 7.06. The van der Waals surface area contributed by atoms with Gasteiger partial charge in [0.25, 0.3) is 0 Å². The van der Waals surface area contributed by atoms with Crippen LogP contribution in [-0.2, 0) is 27.4 Å². The summed E-state index contributed by atoms with van der Waals surface area (Å²) in [6.45, 7) is 11.3. The highest BCUT2D eigenvalue weighted by Crippen LogP contribution is 2.14. The third-order valence-electron chi connectivity index (χ3n) is 4.71. The minimum absolute atomic E-state index is 0. The van der Waals surface area contributed by atoms with Crippen LogP contribution in [0.15, 0.2) is 29.3 Å². The molecule has 1 aliphatic rings. The predicted molar refractivity (Wildman–Crippen MR) is 129 cm³/mol. The molecule has 1 heterocycles. The summed E-state index contributed by atoms with van der Waals surface area (Å²) in [6, 6.07) is 8.45. The van der Waals surface area contributed by atoms with Crippen molar-refractivity contribution in [1.82, 2.24) is 10.6 Å². The van der Waals surface area contributed by atoms with Gasteiger partial charge in [-0.25, -0.2) is 4.99 Å². The molecule has 1 fully saturated rings. The molecule has 29 heavy (non-hydrogen) atoms. The molecule has 166 valence electrons. The largest absolute Gasteiger partial charge is 0.381 e. The summed E-state index contributed by atoms with van der Waals surface area (Å²) in [5.74, 6) is 1.52. The quantitative estimate of drug-likeness (QED) is 0.191. The summed E-state index contributed by atoms with van der Waals surface area (Å²) in [4.78, 5) is 4.68. The minimum Gasteiger partial charge on any atom is -0.381 e. The summed E-state index contributed by atoms with van der Waals surface area (Å²) in [5, 5.41) is 6.69. The van der Waals surface area contributed by atoms with Crippen LogP contribution >= 0.6 is 24.0 Å². The van der Waals surface area contributed by atoms with E-state index in [1.165, 1.54) is 11.1 Å². The first-order valence-corrected chi connectivity index (χ1v) is 10.6. The van der Waals surface area contributed by atoms with Gasteiger partial charge in [0.2, 0.25) is 0 Å². The van der Waals surface area contributed by atoms with Gasteiger partial charge in [-0.05, 0) is 50.2 Å². The normalized spacial score (nSPS) is 15.0. The van der Waals surface area contributed by atoms with Gasteiger partial charge in [0.1, 0.15) is 0 Å². The summed E-state index contributed by atoms with van der Waals surface area (Å²) < 4.78 is 16.6. The Morgan fingerprint density at radius 1 is 1.07 bits per heavy atom. The maximum atomic E-state index is 5.82. The summed E-state index contributed by atoms with van der Waals surface area (Å²) in [7, 11) is 0. The number of rotatable bonds is 12. The molecule has 1 aromatic rings. The Morgan fingerprint density at radius 2 is 1.79 bits per heavy atom. The van der Waals surface area contributed by atoms with Crippen LogP contribution < -0.4 is 10.6 Å². The van der Waals surface area contributed by atoms with Crippen molar-refractivity contribution in [3.63, 3.8) is 0 Å². The molecule has 0 aromatic heterocycles. The Labute approximate surface area is 193 Å². The van der Waals surface area contributed by atoms with Crippen LogP contribution in [0.25, 0.3) is 0 Å². The van der Waals surface area contributed by atoms with E-state index in [0.717, 1.165) is 71.3 Å². The number of halogens is 1. The zero-order valence-corrected chi connectivity index (χ0v) is 20.3. The summed E-state index contributed by atoms with van der Waals surface area (Å²) in [6.07, 6.45) is 3.23. The second-order valence-electron chi connectivity index (χ2n) is 7.06. The average Bonchev–Trinajstić information content (AvgIpc) is 2.74.